The molecule has 0 saturated carbocycles. The summed E-state index contributed by atoms with van der Waals surface area (Å²) in [5.74, 6) is -0.196. The molecule has 0 spiro atoms. The molecular weight excluding hydrogens is 190 g/mol. The molecule has 0 radical (unpaired) electrons. The molecule has 4 nitrogen and oxygen atoms in total. The lowest BCUT2D eigenvalue weighted by molar-refractivity contribution is -0.118. The second-order valence-electron chi connectivity index (χ2n) is 3.49. The highest BCUT2D eigenvalue weighted by atomic mass is 16.1. The van der Waals surface area contributed by atoms with Gasteiger partial charge in [0, 0.05) is 39.1 Å². The third-order valence-corrected chi connectivity index (χ3v) is 2.59. The van der Waals surface area contributed by atoms with Crippen LogP contribution in [0.4, 0.5) is 0 Å². The minimum absolute atomic E-state index is 0.196. The minimum atomic E-state index is -0.196. The van der Waals surface area contributed by atoms with Crippen LogP contribution in [0.25, 0.3) is 0 Å². The summed E-state index contributed by atoms with van der Waals surface area (Å²) in [6, 6.07) is 0. The van der Waals surface area contributed by atoms with Crippen molar-refractivity contribution >= 4 is 5.91 Å². The van der Waals surface area contributed by atoms with Crippen molar-refractivity contribution < 1.29 is 4.79 Å². The van der Waals surface area contributed by atoms with Crippen molar-refractivity contribution in [1.29, 1.82) is 0 Å². The number of primary amides is 1. The minimum Gasteiger partial charge on any atom is -0.370 e. The van der Waals surface area contributed by atoms with E-state index in [4.69, 9.17) is 5.73 Å². The van der Waals surface area contributed by atoms with E-state index in [1.165, 1.54) is 0 Å². The summed E-state index contributed by atoms with van der Waals surface area (Å²) in [4.78, 5) is 15.3. The number of carbonyl (C=O) groups excluding carboxylic acids is 1. The van der Waals surface area contributed by atoms with Crippen molar-refractivity contribution in [2.45, 2.75) is 27.2 Å². The van der Waals surface area contributed by atoms with E-state index in [1.807, 2.05) is 13.8 Å². The van der Waals surface area contributed by atoms with Crippen LogP contribution in [0.1, 0.15) is 27.2 Å². The molecule has 0 unspecified atom stereocenters. The zero-order valence-electron chi connectivity index (χ0n) is 10.3. The van der Waals surface area contributed by atoms with Crippen LogP contribution in [0.2, 0.25) is 0 Å². The lowest BCUT2D eigenvalue weighted by Gasteiger charge is -2.33. The first-order valence-corrected chi connectivity index (χ1v) is 5.95. The molecule has 1 aliphatic rings. The molecule has 1 aliphatic heterocycles. The molecule has 0 atom stereocenters. The number of piperazine rings is 1. The Morgan fingerprint density at radius 2 is 1.60 bits per heavy atom. The van der Waals surface area contributed by atoms with Gasteiger partial charge < -0.3 is 15.5 Å². The zero-order chi connectivity index (χ0) is 11.7. The molecule has 0 aromatic carbocycles. The number of hydrogen-bond donors (Lipinski definition) is 1. The van der Waals surface area contributed by atoms with E-state index in [2.05, 4.69) is 16.7 Å². The Morgan fingerprint density at radius 1 is 1.13 bits per heavy atom. The highest BCUT2D eigenvalue weighted by molar-refractivity contribution is 5.73. The number of hydrogen-bond acceptors (Lipinski definition) is 3. The lowest BCUT2D eigenvalue weighted by atomic mass is 10.3. The second kappa shape index (κ2) is 8.68. The van der Waals surface area contributed by atoms with Gasteiger partial charge in [0.25, 0.3) is 0 Å². The lowest BCUT2D eigenvalue weighted by Crippen LogP contribution is -2.46. The summed E-state index contributed by atoms with van der Waals surface area (Å²) >= 11 is 0. The van der Waals surface area contributed by atoms with Crippen LogP contribution in [0, 0.1) is 0 Å². The second-order valence-corrected chi connectivity index (χ2v) is 3.49. The first-order valence-electron chi connectivity index (χ1n) is 5.95. The normalized spacial score (nSPS) is 18.1. The monoisotopic (exact) mass is 215 g/mol. The number of likely N-dealkylation sites (N-methyl/N-ethyl adjacent to an activating group) is 1. The highest BCUT2D eigenvalue weighted by Crippen LogP contribution is 2.01. The van der Waals surface area contributed by atoms with Crippen molar-refractivity contribution in [3.05, 3.63) is 0 Å². The molecule has 0 aromatic rings. The smallest absolute Gasteiger partial charge is 0.218 e. The van der Waals surface area contributed by atoms with Gasteiger partial charge >= 0.3 is 0 Å². The van der Waals surface area contributed by atoms with Gasteiger partial charge in [-0.15, -0.1) is 0 Å². The van der Waals surface area contributed by atoms with Crippen LogP contribution in [-0.4, -0.2) is 55.0 Å². The van der Waals surface area contributed by atoms with Gasteiger partial charge in [0.1, 0.15) is 0 Å². The van der Waals surface area contributed by atoms with Gasteiger partial charge in [-0.1, -0.05) is 20.8 Å². The van der Waals surface area contributed by atoms with Crippen molar-refractivity contribution in [1.82, 2.24) is 9.80 Å². The zero-order valence-corrected chi connectivity index (χ0v) is 10.3. The molecule has 90 valence electrons. The van der Waals surface area contributed by atoms with Gasteiger partial charge in [-0.3, -0.25) is 4.79 Å². The third-order valence-electron chi connectivity index (χ3n) is 2.59. The Kier molecular flexibility index (Phi) is 8.33. The van der Waals surface area contributed by atoms with Crippen LogP contribution >= 0.6 is 0 Å². The van der Waals surface area contributed by atoms with E-state index >= 15 is 0 Å². The van der Waals surface area contributed by atoms with E-state index in [0.29, 0.717) is 6.42 Å². The van der Waals surface area contributed by atoms with Gasteiger partial charge in [-0.25, -0.2) is 0 Å². The number of rotatable bonds is 4. The summed E-state index contributed by atoms with van der Waals surface area (Å²) in [6.07, 6.45) is 0.492. The fraction of sp³-hybridized carbons (Fsp3) is 0.909. The Balaban J connectivity index is 0.000000921. The first-order chi connectivity index (χ1) is 7.22. The predicted molar refractivity (Wildman–Crippen MR) is 63.7 cm³/mol. The molecule has 2 N–H and O–H groups in total. The largest absolute Gasteiger partial charge is 0.370 e. The maximum Gasteiger partial charge on any atom is 0.218 e. The summed E-state index contributed by atoms with van der Waals surface area (Å²) < 4.78 is 0. The van der Waals surface area contributed by atoms with Crippen molar-refractivity contribution in [2.75, 3.05) is 39.3 Å². The van der Waals surface area contributed by atoms with E-state index in [0.717, 1.165) is 39.3 Å². The predicted octanol–water partition coefficient (Wildman–Crippen LogP) is 0.526. The molecule has 15 heavy (non-hydrogen) atoms. The number of amides is 1. The van der Waals surface area contributed by atoms with Gasteiger partial charge in [-0.05, 0) is 6.54 Å². The van der Waals surface area contributed by atoms with E-state index in [1.54, 1.807) is 0 Å². The maximum atomic E-state index is 10.5. The van der Waals surface area contributed by atoms with Crippen LogP contribution in [-0.2, 0) is 4.79 Å². The average Bonchev–Trinajstić information content (AvgIpc) is 2.30. The van der Waals surface area contributed by atoms with Gasteiger partial charge in [0.2, 0.25) is 5.91 Å². The first kappa shape index (κ1) is 14.4. The van der Waals surface area contributed by atoms with E-state index in [9.17, 15) is 4.79 Å². The molecule has 0 bridgehead atoms. The SMILES string of the molecule is CC.CCN1CCN(CCC(N)=O)CC1. The topological polar surface area (TPSA) is 49.6 Å². The molecule has 1 amide bonds. The summed E-state index contributed by atoms with van der Waals surface area (Å²) in [6.45, 7) is 12.5. The van der Waals surface area contributed by atoms with Crippen molar-refractivity contribution in [3.8, 4) is 0 Å². The summed E-state index contributed by atoms with van der Waals surface area (Å²) in [5.41, 5.74) is 5.09. The average molecular weight is 215 g/mol. The van der Waals surface area contributed by atoms with E-state index in [-0.39, 0.29) is 5.91 Å². The standard InChI is InChI=1S/C9H19N3O.C2H6/c1-2-11-5-7-12(8-6-11)4-3-9(10)13;1-2/h2-8H2,1H3,(H2,10,13);1-2H3. The molecule has 1 saturated heterocycles. The Bertz CT molecular complexity index is 165. The number of nitrogens with zero attached hydrogens (tertiary/aromatic N) is 2. The van der Waals surface area contributed by atoms with Crippen LogP contribution in [0.3, 0.4) is 0 Å². The van der Waals surface area contributed by atoms with Gasteiger partial charge in [-0.2, -0.15) is 0 Å². The Labute approximate surface area is 93.4 Å². The molecule has 0 aliphatic carbocycles. The molecule has 0 aromatic heterocycles. The Morgan fingerprint density at radius 3 is 2.00 bits per heavy atom. The van der Waals surface area contributed by atoms with Crippen LogP contribution in [0.15, 0.2) is 0 Å². The molecule has 4 heteroatoms. The fourth-order valence-electron chi connectivity index (χ4n) is 1.60. The van der Waals surface area contributed by atoms with Gasteiger partial charge in [0.05, 0.1) is 0 Å². The maximum absolute atomic E-state index is 10.5. The fourth-order valence-corrected chi connectivity index (χ4v) is 1.60. The number of nitrogens with two attached hydrogens (primary N) is 1. The Hall–Kier alpha value is -0.610. The third kappa shape index (κ3) is 6.47. The molecule has 1 rings (SSSR count). The molecule has 1 heterocycles. The molecular formula is C11H25N3O. The van der Waals surface area contributed by atoms with Crippen molar-refractivity contribution in [3.63, 3.8) is 0 Å². The number of carbonyl (C=O) groups is 1. The quantitative estimate of drug-likeness (QED) is 0.744. The molecule has 1 fully saturated rings. The van der Waals surface area contributed by atoms with E-state index < -0.39 is 0 Å². The summed E-state index contributed by atoms with van der Waals surface area (Å²) in [7, 11) is 0. The van der Waals surface area contributed by atoms with Crippen LogP contribution < -0.4 is 5.73 Å². The van der Waals surface area contributed by atoms with Gasteiger partial charge in [0.15, 0.2) is 0 Å². The van der Waals surface area contributed by atoms with Crippen LogP contribution in [0.5, 0.6) is 0 Å². The summed E-state index contributed by atoms with van der Waals surface area (Å²) in [5, 5.41) is 0. The van der Waals surface area contributed by atoms with Crippen molar-refractivity contribution in [2.24, 2.45) is 5.73 Å². The highest BCUT2D eigenvalue weighted by Gasteiger charge is 2.14.